The Bertz CT molecular complexity index is 160. The van der Waals surface area contributed by atoms with E-state index in [1.807, 2.05) is 6.92 Å². The van der Waals surface area contributed by atoms with Crippen LogP contribution in [0.5, 0.6) is 0 Å². The van der Waals surface area contributed by atoms with Crippen LogP contribution in [0.4, 0.5) is 4.79 Å². The number of likely N-dealkylation sites (tertiary alicyclic amines) is 1. The number of aliphatic hydroxyl groups is 1. The van der Waals surface area contributed by atoms with E-state index in [-0.39, 0.29) is 5.92 Å². The summed E-state index contributed by atoms with van der Waals surface area (Å²) in [5.41, 5.74) is 0. The van der Waals surface area contributed by atoms with E-state index in [2.05, 4.69) is 4.74 Å². The maximum atomic E-state index is 10.9. The first-order valence-electron chi connectivity index (χ1n) is 3.69. The molecule has 64 valence electrons. The van der Waals surface area contributed by atoms with Crippen LogP contribution in [0.15, 0.2) is 0 Å². The highest BCUT2D eigenvalue weighted by atomic mass is 16.5. The second-order valence-corrected chi connectivity index (χ2v) is 2.84. The molecule has 1 N–H and O–H groups in total. The Kier molecular flexibility index (Phi) is 2.34. The second-order valence-electron chi connectivity index (χ2n) is 2.84. The molecule has 0 aromatic heterocycles. The number of rotatable bonds is 0. The predicted molar refractivity (Wildman–Crippen MR) is 38.9 cm³/mol. The van der Waals surface area contributed by atoms with Gasteiger partial charge in [0, 0.05) is 12.5 Å². The number of methoxy groups -OCH3 is 1. The van der Waals surface area contributed by atoms with Crippen molar-refractivity contribution in [2.24, 2.45) is 5.92 Å². The normalized spacial score (nSPS) is 30.6. The fourth-order valence-electron chi connectivity index (χ4n) is 1.25. The van der Waals surface area contributed by atoms with Gasteiger partial charge in [0.2, 0.25) is 0 Å². The summed E-state index contributed by atoms with van der Waals surface area (Å²) < 4.78 is 4.48. The number of ether oxygens (including phenoxy) is 1. The number of nitrogens with zero attached hydrogens (tertiary/aromatic N) is 1. The van der Waals surface area contributed by atoms with Crippen molar-refractivity contribution in [2.45, 2.75) is 19.6 Å². The van der Waals surface area contributed by atoms with Gasteiger partial charge in [-0.25, -0.2) is 4.79 Å². The highest BCUT2D eigenvalue weighted by Gasteiger charge is 2.33. The molecule has 0 saturated carbocycles. The van der Waals surface area contributed by atoms with Crippen LogP contribution < -0.4 is 0 Å². The highest BCUT2D eigenvalue weighted by molar-refractivity contribution is 5.67. The lowest BCUT2D eigenvalue weighted by Crippen LogP contribution is -2.37. The average Bonchev–Trinajstić information content (AvgIpc) is 2.32. The van der Waals surface area contributed by atoms with Crippen molar-refractivity contribution >= 4 is 6.09 Å². The Morgan fingerprint density at radius 3 is 2.73 bits per heavy atom. The van der Waals surface area contributed by atoms with Gasteiger partial charge in [-0.2, -0.15) is 0 Å². The van der Waals surface area contributed by atoms with Crippen molar-refractivity contribution in [1.82, 2.24) is 4.90 Å². The maximum Gasteiger partial charge on any atom is 0.411 e. The fraction of sp³-hybridized carbons (Fsp3) is 0.857. The van der Waals surface area contributed by atoms with E-state index >= 15 is 0 Å². The second kappa shape index (κ2) is 3.09. The van der Waals surface area contributed by atoms with Crippen LogP contribution in [0.1, 0.15) is 13.3 Å². The highest BCUT2D eigenvalue weighted by Crippen LogP contribution is 2.21. The van der Waals surface area contributed by atoms with Crippen LogP contribution in [0.2, 0.25) is 0 Å². The van der Waals surface area contributed by atoms with Crippen LogP contribution in [0, 0.1) is 5.92 Å². The molecule has 0 aliphatic carbocycles. The van der Waals surface area contributed by atoms with Gasteiger partial charge in [0.05, 0.1) is 7.11 Å². The average molecular weight is 159 g/mol. The zero-order chi connectivity index (χ0) is 8.43. The Labute approximate surface area is 65.8 Å². The molecule has 0 spiro atoms. The van der Waals surface area contributed by atoms with Crippen molar-refractivity contribution in [3.05, 3.63) is 0 Å². The summed E-state index contributed by atoms with van der Waals surface area (Å²) in [6, 6.07) is 0. The first kappa shape index (κ1) is 8.33. The SMILES string of the molecule is COC(=O)N1CCC(C)C1O. The minimum atomic E-state index is -0.664. The summed E-state index contributed by atoms with van der Waals surface area (Å²) in [7, 11) is 1.32. The smallest absolute Gasteiger partial charge is 0.411 e. The van der Waals surface area contributed by atoms with Gasteiger partial charge in [-0.05, 0) is 6.42 Å². The lowest BCUT2D eigenvalue weighted by molar-refractivity contribution is 0.0130. The molecule has 1 aliphatic rings. The van der Waals surface area contributed by atoms with Crippen molar-refractivity contribution in [3.63, 3.8) is 0 Å². The third-order valence-electron chi connectivity index (χ3n) is 2.06. The Morgan fingerprint density at radius 2 is 2.36 bits per heavy atom. The molecular weight excluding hydrogens is 146 g/mol. The number of hydrogen-bond acceptors (Lipinski definition) is 3. The molecule has 1 rings (SSSR count). The number of hydrogen-bond donors (Lipinski definition) is 1. The number of carbonyl (C=O) groups excluding carboxylic acids is 1. The van der Waals surface area contributed by atoms with E-state index in [1.165, 1.54) is 12.0 Å². The molecule has 0 aromatic rings. The fourth-order valence-corrected chi connectivity index (χ4v) is 1.25. The Balaban J connectivity index is 2.54. The number of amides is 1. The van der Waals surface area contributed by atoms with E-state index in [4.69, 9.17) is 0 Å². The van der Waals surface area contributed by atoms with Crippen LogP contribution in [0.25, 0.3) is 0 Å². The summed E-state index contributed by atoms with van der Waals surface area (Å²) in [6.45, 7) is 2.50. The lowest BCUT2D eigenvalue weighted by atomic mass is 10.1. The molecule has 4 heteroatoms. The van der Waals surface area contributed by atoms with Gasteiger partial charge in [-0.15, -0.1) is 0 Å². The standard InChI is InChI=1S/C7H13NO3/c1-5-3-4-8(6(5)9)7(10)11-2/h5-6,9H,3-4H2,1-2H3. The molecule has 4 nitrogen and oxygen atoms in total. The molecule has 2 atom stereocenters. The zero-order valence-corrected chi connectivity index (χ0v) is 6.78. The largest absolute Gasteiger partial charge is 0.453 e. The minimum Gasteiger partial charge on any atom is -0.453 e. The van der Waals surface area contributed by atoms with Crippen LogP contribution in [0.3, 0.4) is 0 Å². The van der Waals surface area contributed by atoms with E-state index in [0.717, 1.165) is 6.42 Å². The van der Waals surface area contributed by atoms with Crippen LogP contribution in [-0.2, 0) is 4.74 Å². The summed E-state index contributed by atoms with van der Waals surface area (Å²) in [6.07, 6.45) is -0.264. The first-order valence-corrected chi connectivity index (χ1v) is 3.69. The van der Waals surface area contributed by atoms with Gasteiger partial charge >= 0.3 is 6.09 Å². The van der Waals surface area contributed by atoms with Gasteiger partial charge in [-0.3, -0.25) is 4.90 Å². The van der Waals surface area contributed by atoms with Crippen LogP contribution >= 0.6 is 0 Å². The molecule has 0 radical (unpaired) electrons. The molecule has 2 unspecified atom stereocenters. The molecular formula is C7H13NO3. The predicted octanol–water partition coefficient (Wildman–Crippen LogP) is 0.413. The molecule has 1 fully saturated rings. The Hall–Kier alpha value is -0.770. The summed E-state index contributed by atoms with van der Waals surface area (Å²) in [4.78, 5) is 12.3. The van der Waals surface area contributed by atoms with Crippen molar-refractivity contribution in [3.8, 4) is 0 Å². The molecule has 1 saturated heterocycles. The maximum absolute atomic E-state index is 10.9. The zero-order valence-electron chi connectivity index (χ0n) is 6.78. The summed E-state index contributed by atoms with van der Waals surface area (Å²) in [5.74, 6) is 0.161. The van der Waals surface area contributed by atoms with Gasteiger partial charge in [0.15, 0.2) is 0 Å². The monoisotopic (exact) mass is 159 g/mol. The number of carbonyl (C=O) groups is 1. The summed E-state index contributed by atoms with van der Waals surface area (Å²) in [5, 5.41) is 9.38. The minimum absolute atomic E-state index is 0.161. The van der Waals surface area contributed by atoms with Crippen molar-refractivity contribution < 1.29 is 14.6 Å². The first-order chi connectivity index (χ1) is 5.16. The molecule has 11 heavy (non-hydrogen) atoms. The van der Waals surface area contributed by atoms with E-state index in [1.54, 1.807) is 0 Å². The third-order valence-corrected chi connectivity index (χ3v) is 2.06. The molecule has 1 amide bonds. The van der Waals surface area contributed by atoms with Crippen molar-refractivity contribution in [2.75, 3.05) is 13.7 Å². The van der Waals surface area contributed by atoms with Gasteiger partial charge in [-0.1, -0.05) is 6.92 Å². The van der Waals surface area contributed by atoms with Gasteiger partial charge in [0.25, 0.3) is 0 Å². The molecule has 0 bridgehead atoms. The topological polar surface area (TPSA) is 49.8 Å². The lowest BCUT2D eigenvalue weighted by Gasteiger charge is -2.19. The van der Waals surface area contributed by atoms with E-state index < -0.39 is 12.3 Å². The summed E-state index contributed by atoms with van der Waals surface area (Å²) >= 11 is 0. The van der Waals surface area contributed by atoms with Gasteiger partial charge < -0.3 is 9.84 Å². The third kappa shape index (κ3) is 1.45. The van der Waals surface area contributed by atoms with Crippen LogP contribution in [-0.4, -0.2) is 36.0 Å². The molecule has 1 heterocycles. The molecule has 0 aromatic carbocycles. The van der Waals surface area contributed by atoms with Crippen molar-refractivity contribution in [1.29, 1.82) is 0 Å². The number of aliphatic hydroxyl groups excluding tert-OH is 1. The van der Waals surface area contributed by atoms with Gasteiger partial charge in [0.1, 0.15) is 6.23 Å². The Morgan fingerprint density at radius 1 is 1.73 bits per heavy atom. The van der Waals surface area contributed by atoms with E-state index in [9.17, 15) is 9.90 Å². The quantitative estimate of drug-likeness (QED) is 0.557. The van der Waals surface area contributed by atoms with E-state index in [0.29, 0.717) is 6.54 Å². The molecule has 1 aliphatic heterocycles.